The number of carbonyl (C=O) groups is 1. The number of rotatable bonds is 3. The molecule has 0 atom stereocenters. The molecule has 0 aromatic heterocycles. The molecule has 0 saturated heterocycles. The zero-order valence-corrected chi connectivity index (χ0v) is 13.5. The Bertz CT molecular complexity index is 422. The average Bonchev–Trinajstić information content (AvgIpc) is 2.80. The SMILES string of the molecule is CCC1CCC(C#N)(NC(=O)C2C(C)(C)C2(C)C)CC1. The summed E-state index contributed by atoms with van der Waals surface area (Å²) in [6.45, 7) is 10.8. The van der Waals surface area contributed by atoms with Gasteiger partial charge in [0.25, 0.3) is 0 Å². The van der Waals surface area contributed by atoms with Gasteiger partial charge in [0.2, 0.25) is 5.91 Å². The van der Waals surface area contributed by atoms with Gasteiger partial charge >= 0.3 is 0 Å². The lowest BCUT2D eigenvalue weighted by Crippen LogP contribution is -2.50. The van der Waals surface area contributed by atoms with E-state index >= 15 is 0 Å². The van der Waals surface area contributed by atoms with Crippen LogP contribution in [0.2, 0.25) is 0 Å². The number of carbonyl (C=O) groups excluding carboxylic acids is 1. The molecule has 0 bridgehead atoms. The number of nitrogens with zero attached hydrogens (tertiary/aromatic N) is 1. The van der Waals surface area contributed by atoms with E-state index in [2.05, 4.69) is 46.0 Å². The summed E-state index contributed by atoms with van der Waals surface area (Å²) >= 11 is 0. The smallest absolute Gasteiger partial charge is 0.225 e. The molecule has 3 nitrogen and oxygen atoms in total. The Kier molecular flexibility index (Phi) is 3.65. The van der Waals surface area contributed by atoms with Gasteiger partial charge < -0.3 is 5.32 Å². The summed E-state index contributed by atoms with van der Waals surface area (Å²) in [4.78, 5) is 12.6. The summed E-state index contributed by atoms with van der Waals surface area (Å²) < 4.78 is 0. The molecule has 112 valence electrons. The molecular formula is C17H28N2O. The Morgan fingerprint density at radius 1 is 1.20 bits per heavy atom. The van der Waals surface area contributed by atoms with Crippen molar-refractivity contribution in [2.75, 3.05) is 0 Å². The Morgan fingerprint density at radius 2 is 1.70 bits per heavy atom. The van der Waals surface area contributed by atoms with E-state index in [9.17, 15) is 10.1 Å². The van der Waals surface area contributed by atoms with Crippen molar-refractivity contribution < 1.29 is 4.79 Å². The fourth-order valence-corrected chi connectivity index (χ4v) is 4.00. The highest BCUT2D eigenvalue weighted by molar-refractivity contribution is 5.85. The molecule has 0 aliphatic heterocycles. The zero-order chi connectivity index (χ0) is 15.2. The van der Waals surface area contributed by atoms with Gasteiger partial charge in [0.1, 0.15) is 5.54 Å². The molecule has 0 unspecified atom stereocenters. The average molecular weight is 276 g/mol. The number of hydrogen-bond donors (Lipinski definition) is 1. The number of amides is 1. The molecule has 1 amide bonds. The van der Waals surface area contributed by atoms with Crippen LogP contribution in [-0.2, 0) is 4.79 Å². The molecule has 2 aliphatic carbocycles. The van der Waals surface area contributed by atoms with Gasteiger partial charge in [-0.25, -0.2) is 0 Å². The molecular weight excluding hydrogens is 248 g/mol. The minimum Gasteiger partial charge on any atom is -0.338 e. The molecule has 20 heavy (non-hydrogen) atoms. The minimum absolute atomic E-state index is 0.0316. The molecule has 0 aromatic carbocycles. The van der Waals surface area contributed by atoms with Crippen LogP contribution >= 0.6 is 0 Å². The molecule has 0 aromatic rings. The van der Waals surface area contributed by atoms with Gasteiger partial charge in [-0.3, -0.25) is 4.79 Å². The number of nitriles is 1. The van der Waals surface area contributed by atoms with E-state index in [1.165, 1.54) is 6.42 Å². The van der Waals surface area contributed by atoms with Crippen molar-refractivity contribution >= 4 is 5.91 Å². The standard InChI is InChI=1S/C17H28N2O/c1-6-12-7-9-17(11-18,10-8-12)19-14(20)13-15(2,3)16(13,4)5/h12-13H,6-10H2,1-5H3,(H,19,20). The maximum Gasteiger partial charge on any atom is 0.225 e. The lowest BCUT2D eigenvalue weighted by atomic mass is 9.76. The molecule has 0 spiro atoms. The second-order valence-corrected chi connectivity index (χ2v) is 7.91. The van der Waals surface area contributed by atoms with Crippen LogP contribution in [0.5, 0.6) is 0 Å². The fraction of sp³-hybridized carbons (Fsp3) is 0.882. The van der Waals surface area contributed by atoms with Gasteiger partial charge in [0.15, 0.2) is 0 Å². The van der Waals surface area contributed by atoms with Crippen molar-refractivity contribution in [1.29, 1.82) is 5.26 Å². The molecule has 2 saturated carbocycles. The van der Waals surface area contributed by atoms with Crippen LogP contribution in [0.15, 0.2) is 0 Å². The van der Waals surface area contributed by atoms with E-state index < -0.39 is 5.54 Å². The predicted octanol–water partition coefficient (Wildman–Crippen LogP) is 3.65. The largest absolute Gasteiger partial charge is 0.338 e. The molecule has 1 N–H and O–H groups in total. The number of hydrogen-bond acceptors (Lipinski definition) is 2. The number of nitrogens with one attached hydrogen (secondary N) is 1. The Morgan fingerprint density at radius 3 is 2.05 bits per heavy atom. The van der Waals surface area contributed by atoms with E-state index in [0.29, 0.717) is 0 Å². The minimum atomic E-state index is -0.614. The van der Waals surface area contributed by atoms with Crippen LogP contribution in [0.3, 0.4) is 0 Å². The third-order valence-corrected chi connectivity index (χ3v) is 6.40. The van der Waals surface area contributed by atoms with Crippen LogP contribution < -0.4 is 5.32 Å². The molecule has 3 heteroatoms. The maximum atomic E-state index is 12.6. The van der Waals surface area contributed by atoms with Crippen LogP contribution in [0.4, 0.5) is 0 Å². The first-order chi connectivity index (χ1) is 9.20. The van der Waals surface area contributed by atoms with E-state index in [-0.39, 0.29) is 22.7 Å². The lowest BCUT2D eigenvalue weighted by molar-refractivity contribution is -0.125. The quantitative estimate of drug-likeness (QED) is 0.855. The summed E-state index contributed by atoms with van der Waals surface area (Å²) in [6, 6.07) is 2.40. The van der Waals surface area contributed by atoms with Crippen molar-refractivity contribution in [3.63, 3.8) is 0 Å². The second-order valence-electron chi connectivity index (χ2n) is 7.91. The second kappa shape index (κ2) is 4.76. The Labute approximate surface area is 123 Å². The topological polar surface area (TPSA) is 52.9 Å². The predicted molar refractivity (Wildman–Crippen MR) is 79.8 cm³/mol. The molecule has 0 radical (unpaired) electrons. The van der Waals surface area contributed by atoms with Crippen molar-refractivity contribution in [3.8, 4) is 6.07 Å². The van der Waals surface area contributed by atoms with Gasteiger partial charge in [0, 0.05) is 5.92 Å². The molecule has 2 aliphatic rings. The lowest BCUT2D eigenvalue weighted by Gasteiger charge is -2.35. The van der Waals surface area contributed by atoms with Crippen molar-refractivity contribution in [3.05, 3.63) is 0 Å². The normalized spacial score (nSPS) is 35.1. The van der Waals surface area contributed by atoms with Crippen molar-refractivity contribution in [2.24, 2.45) is 22.7 Å². The third kappa shape index (κ3) is 2.24. The van der Waals surface area contributed by atoms with Crippen LogP contribution in [0, 0.1) is 34.0 Å². The fourth-order valence-electron chi connectivity index (χ4n) is 4.00. The van der Waals surface area contributed by atoms with Gasteiger partial charge in [-0.15, -0.1) is 0 Å². The summed E-state index contributed by atoms with van der Waals surface area (Å²) in [5, 5.41) is 12.6. The van der Waals surface area contributed by atoms with Crippen molar-refractivity contribution in [2.45, 2.75) is 72.3 Å². The first-order valence-electron chi connectivity index (χ1n) is 7.93. The van der Waals surface area contributed by atoms with Gasteiger partial charge in [-0.1, -0.05) is 41.0 Å². The van der Waals surface area contributed by atoms with Gasteiger partial charge in [-0.2, -0.15) is 5.26 Å². The molecule has 2 rings (SSSR count). The van der Waals surface area contributed by atoms with Crippen LogP contribution in [-0.4, -0.2) is 11.4 Å². The van der Waals surface area contributed by atoms with E-state index in [1.54, 1.807) is 0 Å². The van der Waals surface area contributed by atoms with E-state index in [4.69, 9.17) is 0 Å². The summed E-state index contributed by atoms with van der Waals surface area (Å²) in [5.74, 6) is 0.836. The Hall–Kier alpha value is -1.04. The molecule has 2 fully saturated rings. The van der Waals surface area contributed by atoms with Crippen molar-refractivity contribution in [1.82, 2.24) is 5.32 Å². The summed E-state index contributed by atoms with van der Waals surface area (Å²) in [5.41, 5.74) is -0.541. The summed E-state index contributed by atoms with van der Waals surface area (Å²) in [6.07, 6.45) is 4.91. The maximum absolute atomic E-state index is 12.6. The molecule has 0 heterocycles. The van der Waals surface area contributed by atoms with Crippen LogP contribution in [0.25, 0.3) is 0 Å². The Balaban J connectivity index is 2.02. The van der Waals surface area contributed by atoms with Gasteiger partial charge in [0.05, 0.1) is 6.07 Å². The monoisotopic (exact) mass is 276 g/mol. The van der Waals surface area contributed by atoms with E-state index in [0.717, 1.165) is 31.6 Å². The highest BCUT2D eigenvalue weighted by atomic mass is 16.2. The first-order valence-corrected chi connectivity index (χ1v) is 7.93. The summed E-state index contributed by atoms with van der Waals surface area (Å²) in [7, 11) is 0. The first kappa shape index (κ1) is 15.4. The highest BCUT2D eigenvalue weighted by Gasteiger charge is 2.68. The van der Waals surface area contributed by atoms with E-state index in [1.807, 2.05) is 0 Å². The highest BCUT2D eigenvalue weighted by Crippen LogP contribution is 2.68. The van der Waals surface area contributed by atoms with Crippen LogP contribution in [0.1, 0.15) is 66.7 Å². The third-order valence-electron chi connectivity index (χ3n) is 6.40. The zero-order valence-electron chi connectivity index (χ0n) is 13.5. The van der Waals surface area contributed by atoms with Gasteiger partial charge in [-0.05, 0) is 42.4 Å².